The Bertz CT molecular complexity index is 974. The monoisotopic (exact) mass is 601 g/mol. The van der Waals surface area contributed by atoms with Crippen molar-refractivity contribution in [1.82, 2.24) is 20.4 Å². The van der Waals surface area contributed by atoms with E-state index in [4.69, 9.17) is 5.73 Å². The Morgan fingerprint density at radius 3 is 2.44 bits per heavy atom. The van der Waals surface area contributed by atoms with Gasteiger partial charge in [-0.05, 0) is 85.0 Å². The van der Waals surface area contributed by atoms with Crippen LogP contribution in [0.5, 0.6) is 0 Å². The van der Waals surface area contributed by atoms with Gasteiger partial charge in [-0.15, -0.1) is 0 Å². The Kier molecular flexibility index (Phi) is 20.6. The average molecular weight is 602 g/mol. The van der Waals surface area contributed by atoms with Crippen LogP contribution in [0.3, 0.4) is 0 Å². The second kappa shape index (κ2) is 23.0. The van der Waals surface area contributed by atoms with Gasteiger partial charge in [-0.3, -0.25) is 4.90 Å². The SMILES string of the molecule is C=C(NC/C(C)=C/C=C(/F)CF)C(/C=C(/C)C1CCCN(C2CCN(CC/C=C\C(C)=C/CC)CC2)CCN1)=C/N.CC. The number of allylic oxidation sites excluding steroid dienone is 7. The zero-order valence-electron chi connectivity index (χ0n) is 28.0. The topological polar surface area (TPSA) is 56.6 Å². The number of halogens is 2. The highest BCUT2D eigenvalue weighted by molar-refractivity contribution is 5.39. The summed E-state index contributed by atoms with van der Waals surface area (Å²) in [6.07, 6.45) is 20.2. The first kappa shape index (κ1) is 38.5. The van der Waals surface area contributed by atoms with Crippen LogP contribution in [-0.2, 0) is 0 Å². The molecule has 2 aliphatic rings. The van der Waals surface area contributed by atoms with Crippen molar-refractivity contribution in [1.29, 1.82) is 0 Å². The summed E-state index contributed by atoms with van der Waals surface area (Å²) in [7, 11) is 0. The number of likely N-dealkylation sites (tertiary alicyclic amines) is 1. The Labute approximate surface area is 262 Å². The molecule has 2 saturated heterocycles. The summed E-state index contributed by atoms with van der Waals surface area (Å²) in [6.45, 7) is 22.6. The molecule has 244 valence electrons. The van der Waals surface area contributed by atoms with Gasteiger partial charge in [-0.1, -0.05) is 74.4 Å². The normalized spacial score (nSPS) is 21.3. The van der Waals surface area contributed by atoms with Crippen LogP contribution in [-0.4, -0.2) is 74.4 Å². The summed E-state index contributed by atoms with van der Waals surface area (Å²) in [5, 5.41) is 7.01. The van der Waals surface area contributed by atoms with Gasteiger partial charge in [0.05, 0.1) is 0 Å². The van der Waals surface area contributed by atoms with E-state index in [2.05, 4.69) is 72.1 Å². The molecule has 0 bridgehead atoms. The summed E-state index contributed by atoms with van der Waals surface area (Å²) in [4.78, 5) is 5.33. The van der Waals surface area contributed by atoms with Gasteiger partial charge in [0.15, 0.2) is 0 Å². The van der Waals surface area contributed by atoms with Crippen molar-refractivity contribution >= 4 is 0 Å². The molecule has 0 aromatic rings. The highest BCUT2D eigenvalue weighted by Crippen LogP contribution is 2.21. The molecule has 0 spiro atoms. The Morgan fingerprint density at radius 2 is 1.79 bits per heavy atom. The number of rotatable bonds is 14. The van der Waals surface area contributed by atoms with E-state index < -0.39 is 12.5 Å². The second-order valence-electron chi connectivity index (χ2n) is 11.4. The van der Waals surface area contributed by atoms with Gasteiger partial charge in [-0.2, -0.15) is 0 Å². The fourth-order valence-electron chi connectivity index (χ4n) is 5.54. The molecule has 0 radical (unpaired) electrons. The first-order chi connectivity index (χ1) is 20.8. The van der Waals surface area contributed by atoms with Gasteiger partial charge >= 0.3 is 0 Å². The molecule has 5 nitrogen and oxygen atoms in total. The largest absolute Gasteiger partial charge is 0.404 e. The van der Waals surface area contributed by atoms with E-state index in [1.54, 1.807) is 12.3 Å². The maximum Gasteiger partial charge on any atom is 0.141 e. The molecule has 0 aliphatic carbocycles. The maximum atomic E-state index is 13.0. The number of nitrogens with zero attached hydrogens (tertiary/aromatic N) is 2. The molecule has 2 aliphatic heterocycles. The smallest absolute Gasteiger partial charge is 0.141 e. The lowest BCUT2D eigenvalue weighted by molar-refractivity contribution is 0.102. The number of piperidine rings is 1. The van der Waals surface area contributed by atoms with E-state index in [1.165, 1.54) is 37.1 Å². The van der Waals surface area contributed by atoms with Gasteiger partial charge in [0.1, 0.15) is 12.5 Å². The van der Waals surface area contributed by atoms with Crippen LogP contribution in [0.15, 0.2) is 83.1 Å². The minimum atomic E-state index is -1.09. The first-order valence-corrected chi connectivity index (χ1v) is 16.4. The molecule has 0 amide bonds. The molecular weight excluding hydrogens is 540 g/mol. The van der Waals surface area contributed by atoms with Crippen molar-refractivity contribution in [2.24, 2.45) is 5.73 Å². The zero-order chi connectivity index (χ0) is 32.0. The quantitative estimate of drug-likeness (QED) is 0.180. The van der Waals surface area contributed by atoms with Crippen LogP contribution in [0.2, 0.25) is 0 Å². The van der Waals surface area contributed by atoms with E-state index >= 15 is 0 Å². The summed E-state index contributed by atoms with van der Waals surface area (Å²) in [6, 6.07) is 0.996. The van der Waals surface area contributed by atoms with Crippen molar-refractivity contribution in [3.8, 4) is 0 Å². The Morgan fingerprint density at radius 1 is 1.07 bits per heavy atom. The van der Waals surface area contributed by atoms with Gasteiger partial charge in [0.25, 0.3) is 0 Å². The van der Waals surface area contributed by atoms with E-state index in [9.17, 15) is 8.78 Å². The van der Waals surface area contributed by atoms with Crippen LogP contribution in [0.25, 0.3) is 0 Å². The average Bonchev–Trinajstić information content (AvgIpc) is 3.01. The van der Waals surface area contributed by atoms with Crippen molar-refractivity contribution < 1.29 is 8.78 Å². The molecule has 2 fully saturated rings. The minimum absolute atomic E-state index is 0.307. The van der Waals surface area contributed by atoms with Crippen LogP contribution < -0.4 is 16.4 Å². The summed E-state index contributed by atoms with van der Waals surface area (Å²) in [5.74, 6) is -0.783. The van der Waals surface area contributed by atoms with E-state index in [0.29, 0.717) is 24.3 Å². The number of hydrogen-bond donors (Lipinski definition) is 3. The van der Waals surface area contributed by atoms with Crippen LogP contribution in [0.1, 0.15) is 80.1 Å². The van der Waals surface area contributed by atoms with Crippen molar-refractivity contribution in [2.45, 2.75) is 92.2 Å². The first-order valence-electron chi connectivity index (χ1n) is 16.4. The third-order valence-corrected chi connectivity index (χ3v) is 8.04. The maximum absolute atomic E-state index is 13.0. The van der Waals surface area contributed by atoms with Crippen molar-refractivity contribution in [3.05, 3.63) is 83.1 Å². The number of hydrogen-bond acceptors (Lipinski definition) is 5. The van der Waals surface area contributed by atoms with Crippen molar-refractivity contribution in [2.75, 3.05) is 52.5 Å². The number of nitrogens with one attached hydrogen (secondary N) is 2. The lowest BCUT2D eigenvalue weighted by Crippen LogP contribution is -2.49. The van der Waals surface area contributed by atoms with Gasteiger partial charge < -0.3 is 21.3 Å². The van der Waals surface area contributed by atoms with Gasteiger partial charge in [-0.25, -0.2) is 8.78 Å². The summed E-state index contributed by atoms with van der Waals surface area (Å²) in [5.41, 5.74) is 10.9. The fraction of sp³-hybridized carbons (Fsp3) is 0.611. The minimum Gasteiger partial charge on any atom is -0.404 e. The standard InChI is InChI=1S/C34H55F2N5.C2H6/c1-6-10-27(2)11-7-8-18-40-20-15-33(16-21-40)41-19-9-12-34(38-17-22-41)29(4)23-31(25-37)30(5)39-26-28(3)13-14-32(36)24-35;1-2/h7,10-11,13-14,23,25,33-34,38-39H,5-6,8-9,12,15-22,24,26,37H2,1-4H3;1-2H3/b11-7-,27-10-,28-13+,29-23-,31-25+,32-14+;. The van der Waals surface area contributed by atoms with E-state index in [0.717, 1.165) is 69.1 Å². The molecule has 2 rings (SSSR count). The summed E-state index contributed by atoms with van der Waals surface area (Å²) < 4.78 is 25.3. The molecule has 0 aromatic carbocycles. The molecular formula is C36H61F2N5. The fourth-order valence-corrected chi connectivity index (χ4v) is 5.54. The zero-order valence-corrected chi connectivity index (χ0v) is 28.0. The third kappa shape index (κ3) is 15.7. The highest BCUT2D eigenvalue weighted by atomic mass is 19.2. The van der Waals surface area contributed by atoms with Crippen LogP contribution in [0.4, 0.5) is 8.78 Å². The third-order valence-electron chi connectivity index (χ3n) is 8.04. The predicted octanol–water partition coefficient (Wildman–Crippen LogP) is 7.50. The Balaban J connectivity index is 0.00000452. The molecule has 0 aromatic heterocycles. The van der Waals surface area contributed by atoms with Gasteiger partial charge in [0, 0.05) is 55.7 Å². The summed E-state index contributed by atoms with van der Waals surface area (Å²) >= 11 is 0. The second-order valence-corrected chi connectivity index (χ2v) is 11.4. The molecule has 1 atom stereocenters. The molecule has 4 N–H and O–H groups in total. The molecule has 7 heteroatoms. The number of nitrogens with two attached hydrogens (primary N) is 1. The highest BCUT2D eigenvalue weighted by Gasteiger charge is 2.25. The molecule has 43 heavy (non-hydrogen) atoms. The molecule has 0 saturated carbocycles. The van der Waals surface area contributed by atoms with Crippen molar-refractivity contribution in [3.63, 3.8) is 0 Å². The van der Waals surface area contributed by atoms with Gasteiger partial charge in [0.2, 0.25) is 0 Å². The predicted molar refractivity (Wildman–Crippen MR) is 183 cm³/mol. The lowest BCUT2D eigenvalue weighted by Gasteiger charge is -2.40. The molecule has 1 unspecified atom stereocenters. The van der Waals surface area contributed by atoms with E-state index in [-0.39, 0.29) is 0 Å². The van der Waals surface area contributed by atoms with Crippen LogP contribution in [0, 0.1) is 0 Å². The number of alkyl halides is 1. The molecule has 2 heterocycles. The van der Waals surface area contributed by atoms with Crippen LogP contribution >= 0.6 is 0 Å². The lowest BCUT2D eigenvalue weighted by atomic mass is 9.97. The Hall–Kier alpha value is -2.48. The van der Waals surface area contributed by atoms with E-state index in [1.807, 2.05) is 20.8 Å².